The summed E-state index contributed by atoms with van der Waals surface area (Å²) < 4.78 is 12.1. The van der Waals surface area contributed by atoms with E-state index >= 15 is 0 Å². The fraction of sp³-hybridized carbons (Fsp3) is 0.933. The molecule has 1 aliphatic carbocycles. The lowest BCUT2D eigenvalue weighted by atomic mass is 9.86. The van der Waals surface area contributed by atoms with Crippen molar-refractivity contribution < 1.29 is 9.47 Å². The van der Waals surface area contributed by atoms with Crippen LogP contribution in [0.3, 0.4) is 0 Å². The van der Waals surface area contributed by atoms with Crippen LogP contribution >= 0.6 is 0 Å². The van der Waals surface area contributed by atoms with E-state index in [1.807, 2.05) is 0 Å². The molecule has 2 fully saturated rings. The Bertz CT molecular complexity index is 227. The minimum atomic E-state index is -0.238. The van der Waals surface area contributed by atoms with E-state index in [2.05, 4.69) is 13.8 Å². The van der Waals surface area contributed by atoms with E-state index in [1.165, 1.54) is 44.9 Å². The maximum absolute atomic E-state index is 6.05. The first-order chi connectivity index (χ1) is 8.29. The molecule has 0 amide bonds. The number of unbranched alkanes of at least 4 members (excludes halogenated alkanes) is 3. The summed E-state index contributed by atoms with van der Waals surface area (Å²) in [5.74, 6) is -0.238. The molecule has 1 heterocycles. The summed E-state index contributed by atoms with van der Waals surface area (Å²) in [6.07, 6.45) is 11.0. The molecule has 2 rings (SSSR count). The molecular weight excluding hydrogens is 212 g/mol. The monoisotopic (exact) mass is 239 g/mol. The molecular formula is C15H27O2. The third-order valence-corrected chi connectivity index (χ3v) is 4.43. The highest BCUT2D eigenvalue weighted by Gasteiger charge is 2.61. The lowest BCUT2D eigenvalue weighted by Gasteiger charge is -2.36. The van der Waals surface area contributed by atoms with Crippen LogP contribution < -0.4 is 0 Å². The largest absolute Gasteiger partial charge is 0.347 e. The van der Waals surface area contributed by atoms with Gasteiger partial charge in [0.15, 0.2) is 5.79 Å². The van der Waals surface area contributed by atoms with Crippen molar-refractivity contribution in [1.82, 2.24) is 0 Å². The fourth-order valence-electron chi connectivity index (χ4n) is 3.27. The van der Waals surface area contributed by atoms with Gasteiger partial charge in [-0.3, -0.25) is 0 Å². The highest BCUT2D eigenvalue weighted by Crippen LogP contribution is 2.61. The molecule has 99 valence electrons. The van der Waals surface area contributed by atoms with Gasteiger partial charge in [-0.05, 0) is 25.7 Å². The predicted molar refractivity (Wildman–Crippen MR) is 69.7 cm³/mol. The first-order valence-corrected chi connectivity index (χ1v) is 7.36. The summed E-state index contributed by atoms with van der Waals surface area (Å²) in [4.78, 5) is 0. The van der Waals surface area contributed by atoms with Crippen molar-refractivity contribution in [2.45, 2.75) is 70.5 Å². The van der Waals surface area contributed by atoms with Crippen molar-refractivity contribution in [1.29, 1.82) is 0 Å². The summed E-state index contributed by atoms with van der Waals surface area (Å²) in [5.41, 5.74) is 0.317. The fourth-order valence-corrected chi connectivity index (χ4v) is 3.27. The Morgan fingerprint density at radius 2 is 1.71 bits per heavy atom. The Kier molecular flexibility index (Phi) is 4.48. The second-order valence-electron chi connectivity index (χ2n) is 5.64. The highest BCUT2D eigenvalue weighted by molar-refractivity contribution is 5.05. The molecule has 1 saturated heterocycles. The Labute approximate surface area is 106 Å². The third-order valence-electron chi connectivity index (χ3n) is 4.43. The van der Waals surface area contributed by atoms with Gasteiger partial charge in [-0.1, -0.05) is 39.5 Å². The lowest BCUT2D eigenvalue weighted by molar-refractivity contribution is -0.213. The Morgan fingerprint density at radius 1 is 1.00 bits per heavy atom. The quantitative estimate of drug-likeness (QED) is 0.594. The second kappa shape index (κ2) is 5.71. The van der Waals surface area contributed by atoms with E-state index in [0.717, 1.165) is 26.1 Å². The van der Waals surface area contributed by atoms with Gasteiger partial charge in [-0.2, -0.15) is 0 Å². The van der Waals surface area contributed by atoms with Gasteiger partial charge in [0, 0.05) is 11.8 Å². The van der Waals surface area contributed by atoms with Crippen LogP contribution in [0.25, 0.3) is 0 Å². The molecule has 2 aliphatic rings. The van der Waals surface area contributed by atoms with Crippen molar-refractivity contribution in [3.05, 3.63) is 6.92 Å². The zero-order valence-corrected chi connectivity index (χ0v) is 11.3. The van der Waals surface area contributed by atoms with Gasteiger partial charge in [0.25, 0.3) is 0 Å². The molecule has 0 N–H and O–H groups in total. The molecule has 0 aromatic heterocycles. The van der Waals surface area contributed by atoms with E-state index in [0.29, 0.717) is 5.41 Å². The Hall–Kier alpha value is -0.0800. The van der Waals surface area contributed by atoms with Gasteiger partial charge in [0.2, 0.25) is 0 Å². The van der Waals surface area contributed by atoms with Crippen LogP contribution in [0.2, 0.25) is 0 Å². The molecule has 0 unspecified atom stereocenters. The second-order valence-corrected chi connectivity index (χ2v) is 5.64. The predicted octanol–water partition coefficient (Wildman–Crippen LogP) is 4.09. The first-order valence-electron chi connectivity index (χ1n) is 7.36. The molecule has 1 aliphatic heterocycles. The topological polar surface area (TPSA) is 18.5 Å². The normalized spacial score (nSPS) is 25.1. The first kappa shape index (κ1) is 13.4. The average Bonchev–Trinajstić information content (AvgIpc) is 2.96. The van der Waals surface area contributed by atoms with Crippen LogP contribution in [0.1, 0.15) is 64.7 Å². The third kappa shape index (κ3) is 2.68. The van der Waals surface area contributed by atoms with E-state index in [9.17, 15) is 0 Å². The SMILES string of the molecule is [CH2]CCC1(C2(CCCCCC)OCCO2)CC1. The zero-order valence-electron chi connectivity index (χ0n) is 11.3. The van der Waals surface area contributed by atoms with E-state index < -0.39 is 0 Å². The van der Waals surface area contributed by atoms with Crippen molar-refractivity contribution in [2.24, 2.45) is 5.41 Å². The van der Waals surface area contributed by atoms with Crippen molar-refractivity contribution in [3.8, 4) is 0 Å². The minimum absolute atomic E-state index is 0.238. The van der Waals surface area contributed by atoms with Crippen LogP contribution in [0.15, 0.2) is 0 Å². The molecule has 17 heavy (non-hydrogen) atoms. The number of hydrogen-bond donors (Lipinski definition) is 0. The minimum Gasteiger partial charge on any atom is -0.347 e. The van der Waals surface area contributed by atoms with Gasteiger partial charge in [-0.25, -0.2) is 0 Å². The number of ether oxygens (including phenoxy) is 2. The van der Waals surface area contributed by atoms with Gasteiger partial charge in [0.1, 0.15) is 0 Å². The molecule has 2 nitrogen and oxygen atoms in total. The summed E-state index contributed by atoms with van der Waals surface area (Å²) in [6, 6.07) is 0. The maximum atomic E-state index is 6.05. The average molecular weight is 239 g/mol. The molecule has 0 spiro atoms. The maximum Gasteiger partial charge on any atom is 0.174 e. The lowest BCUT2D eigenvalue weighted by Crippen LogP contribution is -2.41. The summed E-state index contributed by atoms with van der Waals surface area (Å²) in [5, 5.41) is 0. The van der Waals surface area contributed by atoms with Gasteiger partial charge in [0.05, 0.1) is 13.2 Å². The van der Waals surface area contributed by atoms with Gasteiger partial charge in [-0.15, -0.1) is 0 Å². The van der Waals surface area contributed by atoms with Crippen molar-refractivity contribution >= 4 is 0 Å². The van der Waals surface area contributed by atoms with Gasteiger partial charge >= 0.3 is 0 Å². The Morgan fingerprint density at radius 3 is 2.24 bits per heavy atom. The Balaban J connectivity index is 1.90. The van der Waals surface area contributed by atoms with Crippen molar-refractivity contribution in [3.63, 3.8) is 0 Å². The molecule has 1 radical (unpaired) electrons. The summed E-state index contributed by atoms with van der Waals surface area (Å²) in [6.45, 7) is 7.83. The molecule has 0 aromatic rings. The van der Waals surface area contributed by atoms with Gasteiger partial charge < -0.3 is 9.47 Å². The smallest absolute Gasteiger partial charge is 0.174 e. The van der Waals surface area contributed by atoms with Crippen molar-refractivity contribution in [2.75, 3.05) is 13.2 Å². The standard InChI is InChI=1S/C15H27O2/c1-3-5-6-7-9-15(16-12-13-17-15)14(8-4-2)10-11-14/h2-13H2,1H3. The van der Waals surface area contributed by atoms with Crippen LogP contribution in [-0.2, 0) is 9.47 Å². The van der Waals surface area contributed by atoms with E-state index in [-0.39, 0.29) is 5.79 Å². The van der Waals surface area contributed by atoms with Crippen LogP contribution in [-0.4, -0.2) is 19.0 Å². The number of hydrogen-bond acceptors (Lipinski definition) is 2. The molecule has 0 bridgehead atoms. The van der Waals surface area contributed by atoms with Crippen LogP contribution in [0, 0.1) is 12.3 Å². The zero-order chi connectivity index (χ0) is 12.2. The van der Waals surface area contributed by atoms with E-state index in [4.69, 9.17) is 9.47 Å². The molecule has 0 atom stereocenters. The highest BCUT2D eigenvalue weighted by atomic mass is 16.7. The van der Waals surface area contributed by atoms with Crippen LogP contribution in [0.4, 0.5) is 0 Å². The van der Waals surface area contributed by atoms with Crippen LogP contribution in [0.5, 0.6) is 0 Å². The molecule has 0 aromatic carbocycles. The molecule has 1 saturated carbocycles. The number of rotatable bonds is 8. The summed E-state index contributed by atoms with van der Waals surface area (Å²) >= 11 is 0. The van der Waals surface area contributed by atoms with E-state index in [1.54, 1.807) is 0 Å². The molecule has 2 heteroatoms. The summed E-state index contributed by atoms with van der Waals surface area (Å²) in [7, 11) is 0.